The van der Waals surface area contributed by atoms with Gasteiger partial charge < -0.3 is 15.0 Å². The van der Waals surface area contributed by atoms with E-state index >= 15 is 0 Å². The Morgan fingerprint density at radius 1 is 1.36 bits per heavy atom. The average molecular weight is 511 g/mol. The number of fused-ring (bicyclic) bond motifs is 2. The number of para-hydroxylation sites is 2. The molecule has 1 saturated heterocycles. The van der Waals surface area contributed by atoms with Gasteiger partial charge in [-0.2, -0.15) is 0 Å². The van der Waals surface area contributed by atoms with Crippen molar-refractivity contribution in [2.24, 2.45) is 5.92 Å². The molecule has 190 valence electrons. The highest BCUT2D eigenvalue weighted by Gasteiger charge is 2.40. The highest BCUT2D eigenvalue weighted by atomic mass is 32.1. The molecule has 36 heavy (non-hydrogen) atoms. The van der Waals surface area contributed by atoms with Crippen molar-refractivity contribution >= 4 is 51.0 Å². The van der Waals surface area contributed by atoms with Crippen molar-refractivity contribution in [1.82, 2.24) is 19.5 Å². The van der Waals surface area contributed by atoms with Crippen molar-refractivity contribution in [3.05, 3.63) is 46.8 Å². The number of hydroxylamine groups is 2. The Kier molecular flexibility index (Phi) is 6.23. The number of aliphatic hydroxyl groups excluding tert-OH is 1. The molecule has 2 aromatic heterocycles. The van der Waals surface area contributed by atoms with Gasteiger partial charge in [0.05, 0.1) is 29.7 Å². The van der Waals surface area contributed by atoms with Crippen molar-refractivity contribution < 1.29 is 19.5 Å². The summed E-state index contributed by atoms with van der Waals surface area (Å²) in [5.41, 5.74) is 3.28. The van der Waals surface area contributed by atoms with Gasteiger partial charge in [-0.05, 0) is 18.1 Å². The Bertz CT molecular complexity index is 1360. The van der Waals surface area contributed by atoms with E-state index in [1.807, 2.05) is 49.7 Å². The number of imidazole rings is 1. The van der Waals surface area contributed by atoms with Crippen molar-refractivity contribution in [2.45, 2.75) is 26.5 Å². The number of aliphatic hydroxyl groups is 1. The van der Waals surface area contributed by atoms with Gasteiger partial charge in [-0.25, -0.2) is 14.8 Å². The van der Waals surface area contributed by atoms with Crippen LogP contribution in [0.3, 0.4) is 0 Å². The van der Waals surface area contributed by atoms with Gasteiger partial charge in [-0.1, -0.05) is 32.6 Å². The average Bonchev–Trinajstić information content (AvgIpc) is 3.55. The van der Waals surface area contributed by atoms with Crippen LogP contribution in [0.1, 0.15) is 34.6 Å². The summed E-state index contributed by atoms with van der Waals surface area (Å²) < 4.78 is 2.02. The summed E-state index contributed by atoms with van der Waals surface area (Å²) in [5, 5.41) is 15.1. The number of thiophene rings is 1. The SMILES string of the molecule is C=C1c2c(sc(Cn3c(NC)nc4ccccc43)c2C(=O)N2C[C@H](O)CO2)N(CC(C)C)C(=O)N1C. The number of hydrogen-bond acceptors (Lipinski definition) is 7. The zero-order chi connectivity index (χ0) is 25.7. The van der Waals surface area contributed by atoms with Gasteiger partial charge >= 0.3 is 6.03 Å². The lowest BCUT2D eigenvalue weighted by Gasteiger charge is -2.35. The fourth-order valence-corrected chi connectivity index (χ4v) is 5.95. The molecule has 0 spiro atoms. The standard InChI is InChI=1S/C25H30N6O4S/c1-14(2)10-30-23-20(15(3)28(5)25(30)34)21(22(33)31-11-16(32)13-35-31)19(36-23)12-29-18-9-7-6-8-17(18)27-24(29)26-4/h6-9,14,16,32H,3,10-13H2,1-2,4-5H3,(H,26,27)/t16-/m0/s1. The summed E-state index contributed by atoms with van der Waals surface area (Å²) in [6.45, 7) is 9.27. The third kappa shape index (κ3) is 3.93. The summed E-state index contributed by atoms with van der Waals surface area (Å²) in [7, 11) is 3.48. The largest absolute Gasteiger partial charge is 0.389 e. The number of aromatic nitrogens is 2. The molecule has 2 aliphatic rings. The highest BCUT2D eigenvalue weighted by molar-refractivity contribution is 7.17. The van der Waals surface area contributed by atoms with E-state index in [1.54, 1.807) is 11.9 Å². The molecule has 0 radical (unpaired) electrons. The van der Waals surface area contributed by atoms with Gasteiger partial charge in [0.25, 0.3) is 5.91 Å². The molecule has 0 aliphatic carbocycles. The number of carbonyl (C=O) groups is 2. The van der Waals surface area contributed by atoms with E-state index in [1.165, 1.54) is 21.3 Å². The number of hydrogen-bond donors (Lipinski definition) is 2. The normalized spacial score (nSPS) is 18.1. The molecule has 1 fully saturated rings. The van der Waals surface area contributed by atoms with E-state index < -0.39 is 6.10 Å². The Morgan fingerprint density at radius 3 is 2.78 bits per heavy atom. The van der Waals surface area contributed by atoms with Gasteiger partial charge in [-0.15, -0.1) is 11.3 Å². The van der Waals surface area contributed by atoms with Crippen molar-refractivity contribution in [3.8, 4) is 0 Å². The number of rotatable bonds is 6. The molecule has 0 saturated carbocycles. The number of carbonyl (C=O) groups excluding carboxylic acids is 2. The summed E-state index contributed by atoms with van der Waals surface area (Å²) in [4.78, 5) is 41.2. The van der Waals surface area contributed by atoms with Gasteiger partial charge in [0, 0.05) is 36.8 Å². The van der Waals surface area contributed by atoms with Gasteiger partial charge in [0.15, 0.2) is 0 Å². The number of urea groups is 1. The first kappa shape index (κ1) is 24.3. The quantitative estimate of drug-likeness (QED) is 0.527. The zero-order valence-corrected chi connectivity index (χ0v) is 21.6. The molecular formula is C25H30N6O4S. The maximum absolute atomic E-state index is 13.8. The molecule has 3 aromatic rings. The summed E-state index contributed by atoms with van der Waals surface area (Å²) in [6, 6.07) is 7.63. The summed E-state index contributed by atoms with van der Waals surface area (Å²) >= 11 is 1.41. The number of nitrogens with one attached hydrogen (secondary N) is 1. The van der Waals surface area contributed by atoms with Crippen LogP contribution < -0.4 is 10.2 Å². The first-order valence-corrected chi connectivity index (χ1v) is 12.7. The molecule has 1 aromatic carbocycles. The first-order valence-electron chi connectivity index (χ1n) is 11.9. The van der Waals surface area contributed by atoms with Gasteiger partial charge in [0.2, 0.25) is 5.95 Å². The second kappa shape index (κ2) is 9.23. The van der Waals surface area contributed by atoms with Crippen LogP contribution in [0.5, 0.6) is 0 Å². The number of nitrogens with zero attached hydrogens (tertiary/aromatic N) is 5. The second-order valence-corrected chi connectivity index (χ2v) is 10.5. The molecule has 2 N–H and O–H groups in total. The molecule has 11 heteroatoms. The third-order valence-electron chi connectivity index (χ3n) is 6.39. The topological polar surface area (TPSA) is 103 Å². The molecule has 10 nitrogen and oxygen atoms in total. The molecule has 0 unspecified atom stereocenters. The minimum absolute atomic E-state index is 0.0578. The number of β-amino-alcohol motifs (C(OH)–C–C–N with tert-alkyl or cyclic N) is 1. The van der Waals surface area contributed by atoms with Crippen LogP contribution in [0.2, 0.25) is 0 Å². The van der Waals surface area contributed by atoms with Crippen LogP contribution in [-0.2, 0) is 11.4 Å². The van der Waals surface area contributed by atoms with Crippen molar-refractivity contribution in [2.75, 3.05) is 44.0 Å². The van der Waals surface area contributed by atoms with E-state index in [0.717, 1.165) is 15.9 Å². The van der Waals surface area contributed by atoms with Crippen molar-refractivity contribution in [1.29, 1.82) is 0 Å². The number of benzene rings is 1. The van der Waals surface area contributed by atoms with E-state index in [-0.39, 0.29) is 31.0 Å². The monoisotopic (exact) mass is 510 g/mol. The third-order valence-corrected chi connectivity index (χ3v) is 7.58. The lowest BCUT2D eigenvalue weighted by atomic mass is 10.0. The summed E-state index contributed by atoms with van der Waals surface area (Å²) in [6.07, 6.45) is -0.745. The van der Waals surface area contributed by atoms with Gasteiger partial charge in [-0.3, -0.25) is 19.4 Å². The lowest BCUT2D eigenvalue weighted by molar-refractivity contribution is -0.0780. The van der Waals surface area contributed by atoms with Crippen molar-refractivity contribution in [3.63, 3.8) is 0 Å². The molecule has 0 bridgehead atoms. The minimum Gasteiger partial charge on any atom is -0.389 e. The smallest absolute Gasteiger partial charge is 0.329 e. The maximum Gasteiger partial charge on any atom is 0.329 e. The number of amides is 3. The Morgan fingerprint density at radius 2 is 2.11 bits per heavy atom. The van der Waals surface area contributed by atoms with Crippen LogP contribution in [0, 0.1) is 5.92 Å². The first-order chi connectivity index (χ1) is 17.2. The summed E-state index contributed by atoms with van der Waals surface area (Å²) in [5.74, 6) is 0.527. The zero-order valence-electron chi connectivity index (χ0n) is 20.8. The minimum atomic E-state index is -0.745. The van der Waals surface area contributed by atoms with Crippen LogP contribution in [0.4, 0.5) is 15.7 Å². The van der Waals surface area contributed by atoms with E-state index in [4.69, 9.17) is 4.84 Å². The fourth-order valence-electron chi connectivity index (χ4n) is 4.65. The van der Waals surface area contributed by atoms with E-state index in [9.17, 15) is 14.7 Å². The van der Waals surface area contributed by atoms with Crippen LogP contribution in [-0.4, -0.2) is 76.5 Å². The lowest BCUT2D eigenvalue weighted by Crippen LogP contribution is -2.45. The van der Waals surface area contributed by atoms with E-state index in [0.29, 0.717) is 40.9 Å². The highest BCUT2D eigenvalue weighted by Crippen LogP contribution is 2.46. The molecular weight excluding hydrogens is 480 g/mol. The molecule has 1 atom stereocenters. The molecule has 2 aliphatic heterocycles. The molecule has 4 heterocycles. The number of anilines is 2. The predicted molar refractivity (Wildman–Crippen MR) is 140 cm³/mol. The maximum atomic E-state index is 13.8. The Balaban J connectivity index is 1.70. The molecule has 5 rings (SSSR count). The van der Waals surface area contributed by atoms with Gasteiger partial charge in [0.1, 0.15) is 17.7 Å². The molecule has 3 amide bonds. The second-order valence-electron chi connectivity index (χ2n) is 9.45. The predicted octanol–water partition coefficient (Wildman–Crippen LogP) is 3.43. The Hall–Kier alpha value is -3.41. The van der Waals surface area contributed by atoms with Crippen LogP contribution in [0.25, 0.3) is 16.7 Å². The Labute approximate surface area is 213 Å². The fraction of sp³-hybridized carbons (Fsp3) is 0.400. The van der Waals surface area contributed by atoms with Crippen LogP contribution in [0.15, 0.2) is 30.8 Å². The van der Waals surface area contributed by atoms with E-state index in [2.05, 4.69) is 16.9 Å². The van der Waals surface area contributed by atoms with Crippen LogP contribution >= 0.6 is 11.3 Å².